The molecule has 0 radical (unpaired) electrons. The molecule has 1 saturated heterocycles. The van der Waals surface area contributed by atoms with Gasteiger partial charge >= 0.3 is 0 Å². The Labute approximate surface area is 145 Å². The van der Waals surface area contributed by atoms with Crippen molar-refractivity contribution in [1.29, 1.82) is 0 Å². The lowest BCUT2D eigenvalue weighted by Crippen LogP contribution is -2.35. The summed E-state index contributed by atoms with van der Waals surface area (Å²) in [4.78, 5) is 12.9. The molecule has 1 aliphatic rings. The summed E-state index contributed by atoms with van der Waals surface area (Å²) in [5.74, 6) is 2.46. The number of pyridine rings is 1. The van der Waals surface area contributed by atoms with Crippen LogP contribution in [0.15, 0.2) is 35.5 Å². The monoisotopic (exact) mass is 339 g/mol. The average Bonchev–Trinajstić information content (AvgIpc) is 3.16. The van der Waals surface area contributed by atoms with Crippen molar-refractivity contribution >= 4 is 28.5 Å². The number of hydrogen-bond acceptors (Lipinski definition) is 5. The lowest BCUT2D eigenvalue weighted by molar-refractivity contribution is 0.490. The van der Waals surface area contributed by atoms with Gasteiger partial charge in [-0.25, -0.2) is 9.97 Å². The Hall–Kier alpha value is -2.08. The number of anilines is 1. The fourth-order valence-corrected chi connectivity index (χ4v) is 3.91. The first-order valence-electron chi connectivity index (χ1n) is 8.30. The van der Waals surface area contributed by atoms with Gasteiger partial charge in [-0.1, -0.05) is 6.07 Å². The molecule has 5 nitrogen and oxygen atoms in total. The predicted octanol–water partition coefficient (Wildman–Crippen LogP) is 3.77. The maximum absolute atomic E-state index is 4.95. The number of fused-ring (bicyclic) bond motifs is 1. The van der Waals surface area contributed by atoms with Gasteiger partial charge in [0.25, 0.3) is 0 Å². The van der Waals surface area contributed by atoms with Crippen molar-refractivity contribution in [2.24, 2.45) is 0 Å². The molecule has 0 bridgehead atoms. The van der Waals surface area contributed by atoms with E-state index in [1.807, 2.05) is 0 Å². The SMILES string of the molecule is CSc1ccc2c(C)cc(N3CCCC(c4ncn[nH]4)C3)nc2c1. The van der Waals surface area contributed by atoms with Gasteiger partial charge in [-0.2, -0.15) is 5.10 Å². The van der Waals surface area contributed by atoms with Crippen molar-refractivity contribution in [2.75, 3.05) is 24.2 Å². The number of aromatic amines is 1. The van der Waals surface area contributed by atoms with Crippen LogP contribution in [0.4, 0.5) is 5.82 Å². The normalized spacial score (nSPS) is 18.2. The molecule has 2 aromatic heterocycles. The second kappa shape index (κ2) is 6.43. The molecule has 0 spiro atoms. The number of piperidine rings is 1. The maximum Gasteiger partial charge on any atom is 0.137 e. The third kappa shape index (κ3) is 2.86. The van der Waals surface area contributed by atoms with Crippen LogP contribution in [-0.2, 0) is 0 Å². The van der Waals surface area contributed by atoms with Crippen LogP contribution in [0.1, 0.15) is 30.1 Å². The van der Waals surface area contributed by atoms with Crippen LogP contribution >= 0.6 is 11.8 Å². The van der Waals surface area contributed by atoms with Crippen molar-refractivity contribution in [2.45, 2.75) is 30.6 Å². The van der Waals surface area contributed by atoms with E-state index >= 15 is 0 Å². The minimum atomic E-state index is 0.400. The topological polar surface area (TPSA) is 57.7 Å². The molecule has 1 aromatic carbocycles. The fourth-order valence-electron chi connectivity index (χ4n) is 3.47. The van der Waals surface area contributed by atoms with Crippen LogP contribution in [0, 0.1) is 6.92 Å². The number of hydrogen-bond donors (Lipinski definition) is 1. The van der Waals surface area contributed by atoms with Crippen LogP contribution < -0.4 is 4.90 Å². The molecule has 1 unspecified atom stereocenters. The summed E-state index contributed by atoms with van der Waals surface area (Å²) in [5.41, 5.74) is 2.36. The van der Waals surface area contributed by atoms with Gasteiger partial charge in [0.05, 0.1) is 5.52 Å². The zero-order chi connectivity index (χ0) is 16.5. The molecule has 1 fully saturated rings. The molecular formula is C18H21N5S. The molecule has 6 heteroatoms. The zero-order valence-corrected chi connectivity index (χ0v) is 14.8. The lowest BCUT2D eigenvalue weighted by atomic mass is 9.97. The van der Waals surface area contributed by atoms with Crippen LogP contribution in [0.2, 0.25) is 0 Å². The number of benzene rings is 1. The number of thioether (sulfide) groups is 1. The fraction of sp³-hybridized carbons (Fsp3) is 0.389. The Bertz CT molecular complexity index is 846. The van der Waals surface area contributed by atoms with E-state index in [9.17, 15) is 0 Å². The molecule has 124 valence electrons. The molecule has 0 saturated carbocycles. The average molecular weight is 339 g/mol. The minimum absolute atomic E-state index is 0.400. The lowest BCUT2D eigenvalue weighted by Gasteiger charge is -2.33. The summed E-state index contributed by atoms with van der Waals surface area (Å²) in [6.45, 7) is 4.16. The smallest absolute Gasteiger partial charge is 0.137 e. The van der Waals surface area contributed by atoms with Gasteiger partial charge in [0.1, 0.15) is 18.0 Å². The Morgan fingerprint density at radius 3 is 3.00 bits per heavy atom. The summed E-state index contributed by atoms with van der Waals surface area (Å²) < 4.78 is 0. The van der Waals surface area contributed by atoms with Crippen molar-refractivity contribution in [3.05, 3.63) is 42.0 Å². The highest BCUT2D eigenvalue weighted by atomic mass is 32.2. The summed E-state index contributed by atoms with van der Waals surface area (Å²) in [6.07, 6.45) is 5.99. The first-order valence-corrected chi connectivity index (χ1v) is 9.52. The zero-order valence-electron chi connectivity index (χ0n) is 14.0. The van der Waals surface area contributed by atoms with E-state index in [2.05, 4.69) is 57.5 Å². The van der Waals surface area contributed by atoms with Crippen molar-refractivity contribution in [3.8, 4) is 0 Å². The van der Waals surface area contributed by atoms with Gasteiger partial charge in [0.15, 0.2) is 0 Å². The standard InChI is InChI=1S/C18H21N5S/c1-12-8-17(21-16-9-14(24-2)5-6-15(12)16)23-7-3-4-13(10-23)18-19-11-20-22-18/h5-6,8-9,11,13H,3-4,7,10H2,1-2H3,(H,19,20,22). The van der Waals surface area contributed by atoms with Crippen LogP contribution in [0.5, 0.6) is 0 Å². The minimum Gasteiger partial charge on any atom is -0.356 e. The van der Waals surface area contributed by atoms with Crippen LogP contribution in [-0.4, -0.2) is 39.5 Å². The van der Waals surface area contributed by atoms with Gasteiger partial charge in [-0.05, 0) is 49.8 Å². The Balaban J connectivity index is 1.67. The molecule has 1 aliphatic heterocycles. The molecule has 24 heavy (non-hydrogen) atoms. The molecule has 4 rings (SSSR count). The number of nitrogens with zero attached hydrogens (tertiary/aromatic N) is 4. The highest BCUT2D eigenvalue weighted by Gasteiger charge is 2.24. The van der Waals surface area contributed by atoms with Gasteiger partial charge in [0.2, 0.25) is 0 Å². The van der Waals surface area contributed by atoms with Crippen molar-refractivity contribution in [1.82, 2.24) is 20.2 Å². The highest BCUT2D eigenvalue weighted by Crippen LogP contribution is 2.30. The van der Waals surface area contributed by atoms with Gasteiger partial charge in [0, 0.05) is 29.3 Å². The summed E-state index contributed by atoms with van der Waals surface area (Å²) in [5, 5.41) is 8.26. The predicted molar refractivity (Wildman–Crippen MR) is 98.8 cm³/mol. The van der Waals surface area contributed by atoms with Gasteiger partial charge in [-0.3, -0.25) is 5.10 Å². The number of H-pyrrole nitrogens is 1. The third-order valence-electron chi connectivity index (χ3n) is 4.78. The Morgan fingerprint density at radius 1 is 1.29 bits per heavy atom. The van der Waals surface area contributed by atoms with E-state index in [0.717, 1.165) is 43.1 Å². The number of rotatable bonds is 3. The van der Waals surface area contributed by atoms with E-state index in [4.69, 9.17) is 4.98 Å². The van der Waals surface area contributed by atoms with Crippen molar-refractivity contribution < 1.29 is 0 Å². The molecular weight excluding hydrogens is 318 g/mol. The molecule has 3 heterocycles. The maximum atomic E-state index is 4.95. The van der Waals surface area contributed by atoms with Crippen LogP contribution in [0.3, 0.4) is 0 Å². The third-order valence-corrected chi connectivity index (χ3v) is 5.50. The first kappa shape index (κ1) is 15.4. The Morgan fingerprint density at radius 2 is 2.21 bits per heavy atom. The molecule has 0 aliphatic carbocycles. The molecule has 1 N–H and O–H groups in total. The number of aromatic nitrogens is 4. The molecule has 1 atom stereocenters. The highest BCUT2D eigenvalue weighted by molar-refractivity contribution is 7.98. The summed E-state index contributed by atoms with van der Waals surface area (Å²) in [6, 6.07) is 8.75. The second-order valence-corrected chi connectivity index (χ2v) is 7.22. The number of aryl methyl sites for hydroxylation is 1. The van der Waals surface area contributed by atoms with E-state index < -0.39 is 0 Å². The summed E-state index contributed by atoms with van der Waals surface area (Å²) >= 11 is 1.76. The van der Waals surface area contributed by atoms with E-state index in [1.165, 1.54) is 15.8 Å². The summed E-state index contributed by atoms with van der Waals surface area (Å²) in [7, 11) is 0. The van der Waals surface area contributed by atoms with E-state index in [0.29, 0.717) is 5.92 Å². The molecule has 3 aromatic rings. The van der Waals surface area contributed by atoms with Gasteiger partial charge < -0.3 is 4.90 Å². The van der Waals surface area contributed by atoms with Crippen molar-refractivity contribution in [3.63, 3.8) is 0 Å². The van der Waals surface area contributed by atoms with E-state index in [-0.39, 0.29) is 0 Å². The largest absolute Gasteiger partial charge is 0.356 e. The number of nitrogens with one attached hydrogen (secondary N) is 1. The quantitative estimate of drug-likeness (QED) is 0.736. The Kier molecular flexibility index (Phi) is 4.14. The molecule has 0 amide bonds. The second-order valence-electron chi connectivity index (χ2n) is 6.34. The first-order chi connectivity index (χ1) is 11.7. The van der Waals surface area contributed by atoms with Crippen LogP contribution in [0.25, 0.3) is 10.9 Å². The van der Waals surface area contributed by atoms with Gasteiger partial charge in [-0.15, -0.1) is 11.8 Å². The van der Waals surface area contributed by atoms with E-state index in [1.54, 1.807) is 18.1 Å².